The van der Waals surface area contributed by atoms with Gasteiger partial charge in [0.15, 0.2) is 5.82 Å². The summed E-state index contributed by atoms with van der Waals surface area (Å²) in [6.45, 7) is 6.48. The van der Waals surface area contributed by atoms with Gasteiger partial charge in [-0.05, 0) is 52.8 Å². The molecule has 256 valence electrons. The van der Waals surface area contributed by atoms with Gasteiger partial charge in [-0.15, -0.1) is 11.3 Å². The third-order valence-corrected chi connectivity index (χ3v) is 10.4. The van der Waals surface area contributed by atoms with E-state index in [4.69, 9.17) is 0 Å². The third-order valence-electron chi connectivity index (χ3n) is 8.98. The number of thiophene rings is 1. The van der Waals surface area contributed by atoms with E-state index in [9.17, 15) is 19.5 Å². The summed E-state index contributed by atoms with van der Waals surface area (Å²) >= 11 is 1.39. The lowest BCUT2D eigenvalue weighted by Gasteiger charge is -2.38. The summed E-state index contributed by atoms with van der Waals surface area (Å²) < 4.78 is 15.3. The van der Waals surface area contributed by atoms with Gasteiger partial charge in [0.05, 0.1) is 10.8 Å². The van der Waals surface area contributed by atoms with Crippen molar-refractivity contribution in [3.63, 3.8) is 0 Å². The molecule has 8 nitrogen and oxygen atoms in total. The number of rotatable bonds is 12. The van der Waals surface area contributed by atoms with Crippen molar-refractivity contribution in [2.24, 2.45) is 5.92 Å². The lowest BCUT2D eigenvalue weighted by atomic mass is 9.97. The molecular formula is C40H39FN4O4S. The van der Waals surface area contributed by atoms with E-state index in [-0.39, 0.29) is 43.1 Å². The van der Waals surface area contributed by atoms with E-state index in [1.165, 1.54) is 27.9 Å². The average molecular weight is 691 g/mol. The quantitative estimate of drug-likeness (QED) is 0.139. The molecule has 1 atom stereocenters. The Morgan fingerprint density at radius 1 is 0.880 bits per heavy atom. The molecule has 2 amide bonds. The minimum atomic E-state index is -0.938. The Bertz CT molecular complexity index is 1990. The van der Waals surface area contributed by atoms with Gasteiger partial charge in [0.2, 0.25) is 5.91 Å². The first kappa shape index (κ1) is 34.6. The van der Waals surface area contributed by atoms with Crippen LogP contribution in [0.25, 0.3) is 33.6 Å². The highest BCUT2D eigenvalue weighted by Crippen LogP contribution is 2.29. The summed E-state index contributed by atoms with van der Waals surface area (Å²) in [7, 11) is 0. The molecule has 0 bridgehead atoms. The van der Waals surface area contributed by atoms with Crippen molar-refractivity contribution in [1.29, 1.82) is 0 Å². The number of likely N-dealkylation sites (tertiary alicyclic amines) is 1. The first-order valence-corrected chi connectivity index (χ1v) is 17.6. The zero-order valence-corrected chi connectivity index (χ0v) is 29.0. The van der Waals surface area contributed by atoms with E-state index in [1.807, 2.05) is 48.5 Å². The Morgan fingerprint density at radius 2 is 1.52 bits per heavy atom. The molecule has 0 unspecified atom stereocenters. The molecule has 3 aromatic carbocycles. The molecule has 10 heteroatoms. The van der Waals surface area contributed by atoms with Gasteiger partial charge >= 0.3 is 5.97 Å². The molecule has 1 aliphatic rings. The van der Waals surface area contributed by atoms with Crippen LogP contribution in [0.1, 0.15) is 58.8 Å². The number of aromatic nitrogens is 2. The van der Waals surface area contributed by atoms with E-state index in [0.717, 1.165) is 40.0 Å². The zero-order chi connectivity index (χ0) is 35.4. The summed E-state index contributed by atoms with van der Waals surface area (Å²) in [5, 5.41) is 12.2. The largest absolute Gasteiger partial charge is 0.481 e. The van der Waals surface area contributed by atoms with Crippen molar-refractivity contribution >= 4 is 29.1 Å². The Balaban J connectivity index is 1.14. The van der Waals surface area contributed by atoms with Crippen LogP contribution in [0.15, 0.2) is 91.3 Å². The predicted octanol–water partition coefficient (Wildman–Crippen LogP) is 7.64. The first-order chi connectivity index (χ1) is 24.1. The highest BCUT2D eigenvalue weighted by Gasteiger charge is 2.39. The number of nitrogens with zero attached hydrogens (tertiary/aromatic N) is 3. The molecule has 1 aliphatic heterocycles. The van der Waals surface area contributed by atoms with Crippen LogP contribution < -0.4 is 5.32 Å². The van der Waals surface area contributed by atoms with E-state index in [1.54, 1.807) is 24.5 Å². The monoisotopic (exact) mass is 690 g/mol. The maximum absolute atomic E-state index is 15.3. The number of carbonyl (C=O) groups excluding carboxylic acids is 2. The van der Waals surface area contributed by atoms with Gasteiger partial charge in [-0.2, -0.15) is 0 Å². The van der Waals surface area contributed by atoms with Crippen LogP contribution in [-0.2, 0) is 22.4 Å². The molecule has 6 rings (SSSR count). The molecule has 50 heavy (non-hydrogen) atoms. The number of halogens is 1. The van der Waals surface area contributed by atoms with Crippen LogP contribution in [0.2, 0.25) is 0 Å². The van der Waals surface area contributed by atoms with Gasteiger partial charge in [-0.25, -0.2) is 14.4 Å². The molecular weight excluding hydrogens is 652 g/mol. The summed E-state index contributed by atoms with van der Waals surface area (Å²) in [4.78, 5) is 50.0. The normalized spacial score (nSPS) is 13.6. The zero-order valence-electron chi connectivity index (χ0n) is 28.2. The number of carboxylic acid groups (broad SMARTS) is 1. The lowest BCUT2D eigenvalue weighted by molar-refractivity contribution is -0.153. The van der Waals surface area contributed by atoms with E-state index in [0.29, 0.717) is 21.8 Å². The molecule has 2 N–H and O–H groups in total. The van der Waals surface area contributed by atoms with Crippen LogP contribution in [0.5, 0.6) is 0 Å². The lowest BCUT2D eigenvalue weighted by Crippen LogP contribution is -2.59. The maximum Gasteiger partial charge on any atom is 0.310 e. The minimum absolute atomic E-state index is 0.115. The van der Waals surface area contributed by atoms with Crippen LogP contribution in [0, 0.1) is 11.7 Å². The van der Waals surface area contributed by atoms with Crippen LogP contribution in [-0.4, -0.2) is 56.9 Å². The predicted molar refractivity (Wildman–Crippen MR) is 193 cm³/mol. The van der Waals surface area contributed by atoms with Crippen molar-refractivity contribution in [1.82, 2.24) is 20.2 Å². The van der Waals surface area contributed by atoms with Gasteiger partial charge < -0.3 is 15.3 Å². The van der Waals surface area contributed by atoms with Crippen LogP contribution >= 0.6 is 11.3 Å². The maximum atomic E-state index is 15.3. The molecule has 2 aromatic heterocycles. The number of hydrogen-bond acceptors (Lipinski definition) is 6. The Hall–Kier alpha value is -5.22. The van der Waals surface area contributed by atoms with E-state index in [2.05, 4.69) is 48.2 Å². The van der Waals surface area contributed by atoms with Gasteiger partial charge in [0.25, 0.3) is 5.91 Å². The molecule has 0 saturated carbocycles. The number of aryl methyl sites for hydroxylation is 1. The molecule has 1 fully saturated rings. The number of hydrogen-bond donors (Lipinski definition) is 2. The second-order valence-electron chi connectivity index (χ2n) is 13.0. The standard InChI is InChI=1S/C40H39FN4O4S/c1-4-5-25-6-10-27(11-7-25)29-14-15-32(33(41)19-29)30-20-42-37(43-21-30)28-12-8-26(9-13-28)18-34(39(47)45-22-31(23-45)40(48)49)44-38(46)36-17-16-35(50-36)24(2)3/h6-17,19-21,24,31,34H,4-5,18,22-23H2,1-3H3,(H,44,46)(H,48,49)/t34-/m0/s1. The third kappa shape index (κ3) is 7.81. The summed E-state index contributed by atoms with van der Waals surface area (Å²) in [6.07, 6.45) is 5.52. The SMILES string of the molecule is CCCc1ccc(-c2ccc(-c3cnc(-c4ccc(C[C@H](NC(=O)c5ccc(C(C)C)s5)C(=O)N5CC(C(=O)O)C5)cc4)nc3)c(F)c2)cc1. The second-order valence-corrected chi connectivity index (χ2v) is 14.1. The highest BCUT2D eigenvalue weighted by molar-refractivity contribution is 7.14. The number of carbonyl (C=O) groups is 3. The average Bonchev–Trinajstić information content (AvgIpc) is 3.60. The molecule has 0 aliphatic carbocycles. The molecule has 3 heterocycles. The van der Waals surface area contributed by atoms with Crippen molar-refractivity contribution in [3.05, 3.63) is 118 Å². The van der Waals surface area contributed by atoms with Gasteiger partial charge in [-0.3, -0.25) is 14.4 Å². The van der Waals surface area contributed by atoms with Crippen LogP contribution in [0.4, 0.5) is 4.39 Å². The smallest absolute Gasteiger partial charge is 0.310 e. The number of carboxylic acids is 1. The van der Waals surface area contributed by atoms with Crippen molar-refractivity contribution in [2.75, 3.05) is 13.1 Å². The summed E-state index contributed by atoms with van der Waals surface area (Å²) in [5.41, 5.74) is 5.53. The Morgan fingerprint density at radius 3 is 2.12 bits per heavy atom. The number of amides is 2. The number of benzene rings is 3. The summed E-state index contributed by atoms with van der Waals surface area (Å²) in [5.74, 6) is -1.81. The highest BCUT2D eigenvalue weighted by atomic mass is 32.1. The Labute approximate surface area is 295 Å². The summed E-state index contributed by atoms with van der Waals surface area (Å²) in [6, 6.07) is 23.6. The van der Waals surface area contributed by atoms with Gasteiger partial charge in [0.1, 0.15) is 11.9 Å². The van der Waals surface area contributed by atoms with E-state index >= 15 is 4.39 Å². The molecule has 5 aromatic rings. The van der Waals surface area contributed by atoms with Crippen LogP contribution in [0.3, 0.4) is 0 Å². The first-order valence-electron chi connectivity index (χ1n) is 16.8. The van der Waals surface area contributed by atoms with Gasteiger partial charge in [-0.1, -0.05) is 87.9 Å². The molecule has 1 saturated heterocycles. The second kappa shape index (κ2) is 15.1. The fraction of sp³-hybridized carbons (Fsp3) is 0.275. The Kier molecular flexibility index (Phi) is 10.5. The topological polar surface area (TPSA) is 112 Å². The molecule has 0 spiro atoms. The fourth-order valence-corrected chi connectivity index (χ4v) is 6.89. The molecule has 0 radical (unpaired) electrons. The van der Waals surface area contributed by atoms with Gasteiger partial charge in [0, 0.05) is 53.5 Å². The number of nitrogens with one attached hydrogen (secondary N) is 1. The van der Waals surface area contributed by atoms with Crippen molar-refractivity contribution in [2.45, 2.75) is 52.0 Å². The van der Waals surface area contributed by atoms with E-state index < -0.39 is 17.9 Å². The number of aliphatic carboxylic acids is 1. The van der Waals surface area contributed by atoms with Crippen molar-refractivity contribution in [3.8, 4) is 33.6 Å². The minimum Gasteiger partial charge on any atom is -0.481 e. The van der Waals surface area contributed by atoms with Crippen molar-refractivity contribution < 1.29 is 23.9 Å². The fourth-order valence-electron chi connectivity index (χ4n) is 5.97.